The first kappa shape index (κ1) is 134. The van der Waals surface area contributed by atoms with Crippen molar-refractivity contribution in [2.45, 2.75) is 0 Å². The molecule has 0 aliphatic heterocycles. The third kappa shape index (κ3) is 93.7. The molecule has 80 valence electrons. The molecule has 0 aromatic heterocycles. The molecule has 12 heavy (non-hydrogen) atoms. The van der Waals surface area contributed by atoms with E-state index < -0.39 is 0 Å². The van der Waals surface area contributed by atoms with Gasteiger partial charge in [-0.15, -0.1) is 131 Å². The van der Waals surface area contributed by atoms with Gasteiger partial charge in [0.2, 0.25) is 0 Å². The van der Waals surface area contributed by atoms with Crippen LogP contribution in [-0.4, -0.2) is 0 Å². The largest absolute Gasteiger partial charge is 0.147 e. The van der Waals surface area contributed by atoms with Gasteiger partial charge in [-0.2, -0.15) is 0 Å². The van der Waals surface area contributed by atoms with Gasteiger partial charge in [0.05, 0.1) is 0 Å². The zero-order valence-corrected chi connectivity index (χ0v) is 24.3. The van der Waals surface area contributed by atoms with Gasteiger partial charge in [0.1, 0.15) is 0 Å². The first-order chi connectivity index (χ1) is 0. The molecule has 0 unspecified atom stereocenters. The quantitative estimate of drug-likeness (QED) is 0.319. The van der Waals surface area contributed by atoms with Crippen LogP contribution in [0.2, 0.25) is 0 Å². The standard InChI is InChI=1S/7BrH.ClH.4Ti/h8*1H;;;;. The summed E-state index contributed by atoms with van der Waals surface area (Å²) < 4.78 is 0. The SMILES string of the molecule is Br.Br.Br.Br.Br.Br.Br.Cl.[Ti].[Ti].[Ti].[Ti]. The predicted molar refractivity (Wildman–Crippen MR) is 79.5 cm³/mol. The monoisotopic (exact) mass is 787 g/mol. The van der Waals surface area contributed by atoms with E-state index in [-0.39, 0.29) is 218 Å². The topological polar surface area (TPSA) is 0 Å². The first-order valence-corrected chi connectivity index (χ1v) is 0. The second-order valence-corrected chi connectivity index (χ2v) is 0. The molecular formula is H8Br7ClTi4. The molecule has 0 fully saturated rings. The van der Waals surface area contributed by atoms with Gasteiger partial charge in [0.15, 0.2) is 0 Å². The number of halogens is 8. The van der Waals surface area contributed by atoms with Crippen molar-refractivity contribution < 1.29 is 86.9 Å². The van der Waals surface area contributed by atoms with Crippen LogP contribution >= 0.6 is 131 Å². The van der Waals surface area contributed by atoms with Crippen LogP contribution in [0.25, 0.3) is 0 Å². The summed E-state index contributed by atoms with van der Waals surface area (Å²) in [6, 6.07) is 0. The molecule has 0 N–H and O–H groups in total. The molecule has 0 bridgehead atoms. The Kier molecular flexibility index (Phi) is 1260. The molecule has 0 aliphatic carbocycles. The molecule has 0 atom stereocenters. The van der Waals surface area contributed by atoms with Crippen molar-refractivity contribution in [1.29, 1.82) is 0 Å². The summed E-state index contributed by atoms with van der Waals surface area (Å²) in [5.74, 6) is 0. The average molecular weight is 794 g/mol. The molecule has 0 amide bonds. The van der Waals surface area contributed by atoms with Gasteiger partial charge in [-0.1, -0.05) is 0 Å². The van der Waals surface area contributed by atoms with Gasteiger partial charge >= 0.3 is 0 Å². The third-order valence-electron chi connectivity index (χ3n) is 0. The van der Waals surface area contributed by atoms with Crippen LogP contribution in [0.3, 0.4) is 0 Å². The summed E-state index contributed by atoms with van der Waals surface area (Å²) in [6.45, 7) is 0. The minimum absolute atomic E-state index is 0. The Morgan fingerprint density at radius 1 is 0.250 bits per heavy atom. The second kappa shape index (κ2) is 113. The van der Waals surface area contributed by atoms with Crippen LogP contribution < -0.4 is 0 Å². The number of hydrogen-bond acceptors (Lipinski definition) is 0. The van der Waals surface area contributed by atoms with Crippen LogP contribution in [0, 0.1) is 0 Å². The molecule has 0 rings (SSSR count). The Labute approximate surface area is 213 Å². The summed E-state index contributed by atoms with van der Waals surface area (Å²) in [4.78, 5) is 0. The van der Waals surface area contributed by atoms with Gasteiger partial charge < -0.3 is 0 Å². The Bertz CT molecular complexity index is 15.4. The Hall–Kier alpha value is 6.51. The minimum Gasteiger partial charge on any atom is -0.147 e. The first-order valence-electron chi connectivity index (χ1n) is 0. The van der Waals surface area contributed by atoms with Crippen LogP contribution in [0.5, 0.6) is 0 Å². The van der Waals surface area contributed by atoms with Crippen LogP contribution in [0.4, 0.5) is 0 Å². The fourth-order valence-corrected chi connectivity index (χ4v) is 0. The van der Waals surface area contributed by atoms with Crippen molar-refractivity contribution >= 4 is 131 Å². The van der Waals surface area contributed by atoms with E-state index in [4.69, 9.17) is 0 Å². The molecule has 0 saturated carbocycles. The third-order valence-corrected chi connectivity index (χ3v) is 0. The van der Waals surface area contributed by atoms with E-state index in [9.17, 15) is 0 Å². The van der Waals surface area contributed by atoms with Crippen molar-refractivity contribution in [3.8, 4) is 0 Å². The maximum Gasteiger partial charge on any atom is 0 e. The molecule has 0 spiro atoms. The molecule has 0 saturated heterocycles. The van der Waals surface area contributed by atoms with E-state index in [1.165, 1.54) is 0 Å². The molecule has 0 heterocycles. The summed E-state index contributed by atoms with van der Waals surface area (Å²) in [5, 5.41) is 0. The zero-order chi connectivity index (χ0) is 0. The van der Waals surface area contributed by atoms with E-state index in [0.29, 0.717) is 0 Å². The maximum atomic E-state index is 0. The van der Waals surface area contributed by atoms with Gasteiger partial charge in [-0.25, -0.2) is 0 Å². The van der Waals surface area contributed by atoms with E-state index in [1.54, 1.807) is 0 Å². The van der Waals surface area contributed by atoms with E-state index in [0.717, 1.165) is 0 Å². The number of hydrogen-bond donors (Lipinski definition) is 0. The average Bonchev–Trinajstić information content (AvgIpc) is 0. The Balaban J connectivity index is 0. The van der Waals surface area contributed by atoms with Crippen LogP contribution in [0.1, 0.15) is 0 Å². The normalized spacial score (nSPS) is 0. The molecule has 0 aromatic rings. The Morgan fingerprint density at radius 2 is 0.250 bits per heavy atom. The van der Waals surface area contributed by atoms with E-state index >= 15 is 0 Å². The van der Waals surface area contributed by atoms with Crippen molar-refractivity contribution in [1.82, 2.24) is 0 Å². The zero-order valence-electron chi connectivity index (χ0n) is 5.27. The predicted octanol–water partition coefficient (Wildman–Crippen LogP) is 4.46. The number of rotatable bonds is 0. The second-order valence-electron chi connectivity index (χ2n) is 0. The van der Waals surface area contributed by atoms with Crippen LogP contribution in [0.15, 0.2) is 0 Å². The molecule has 0 aliphatic rings. The summed E-state index contributed by atoms with van der Waals surface area (Å²) in [6.07, 6.45) is 0. The van der Waals surface area contributed by atoms with Gasteiger partial charge in [-0.05, 0) is 0 Å². The van der Waals surface area contributed by atoms with Crippen molar-refractivity contribution in [3.63, 3.8) is 0 Å². The molecule has 0 aromatic carbocycles. The fourth-order valence-electron chi connectivity index (χ4n) is 0. The maximum absolute atomic E-state index is 0. The van der Waals surface area contributed by atoms with E-state index in [2.05, 4.69) is 0 Å². The van der Waals surface area contributed by atoms with Crippen molar-refractivity contribution in [3.05, 3.63) is 0 Å². The van der Waals surface area contributed by atoms with Crippen molar-refractivity contribution in [2.75, 3.05) is 0 Å². The van der Waals surface area contributed by atoms with Gasteiger partial charge in [-0.3, -0.25) is 0 Å². The minimum atomic E-state index is 0. The van der Waals surface area contributed by atoms with E-state index in [1.807, 2.05) is 0 Å². The summed E-state index contributed by atoms with van der Waals surface area (Å²) >= 11 is 0. The van der Waals surface area contributed by atoms with Gasteiger partial charge in [0.25, 0.3) is 0 Å². The molecule has 0 radical (unpaired) electrons. The molecule has 0 nitrogen and oxygen atoms in total. The van der Waals surface area contributed by atoms with Crippen LogP contribution in [-0.2, 0) is 86.9 Å². The molecular weight excluding hydrogens is 786 g/mol. The molecule has 12 heteroatoms. The Morgan fingerprint density at radius 3 is 0.250 bits per heavy atom. The van der Waals surface area contributed by atoms with Crippen molar-refractivity contribution in [2.24, 2.45) is 0 Å². The summed E-state index contributed by atoms with van der Waals surface area (Å²) in [7, 11) is 0. The van der Waals surface area contributed by atoms with Gasteiger partial charge in [0, 0.05) is 86.9 Å². The smallest absolute Gasteiger partial charge is 0 e. The summed E-state index contributed by atoms with van der Waals surface area (Å²) in [5.41, 5.74) is 0. The fraction of sp³-hybridized carbons (Fsp3) is 0.